The van der Waals surface area contributed by atoms with Crippen LogP contribution in [0.2, 0.25) is 0 Å². The van der Waals surface area contributed by atoms with Crippen LogP contribution in [0, 0.1) is 0 Å². The predicted molar refractivity (Wildman–Crippen MR) is 24.7 cm³/mol. The maximum Gasteiger partial charge on any atom is 0.251 e. The molecule has 1 aliphatic rings. The zero-order valence-corrected chi connectivity index (χ0v) is 3.96. The predicted octanol–water partition coefficient (Wildman–Crippen LogP) is -0.422. The van der Waals surface area contributed by atoms with Gasteiger partial charge in [-0.2, -0.15) is 0 Å². The quantitative estimate of drug-likeness (QED) is 0.431. The first-order valence-electron chi connectivity index (χ1n) is 2.08. The average Bonchev–Trinajstić information content (AvgIpc) is 2.14. The van der Waals surface area contributed by atoms with Gasteiger partial charge >= 0.3 is 0 Å². The second-order valence-corrected chi connectivity index (χ2v) is 1.34. The number of hydrogen-bond acceptors (Lipinski definition) is 3. The van der Waals surface area contributed by atoms with Crippen molar-refractivity contribution in [2.24, 2.45) is 0 Å². The SMILES string of the molecule is O=[C]C1OC=CC1=O. The van der Waals surface area contributed by atoms with E-state index >= 15 is 0 Å². The summed E-state index contributed by atoms with van der Waals surface area (Å²) < 4.78 is 4.46. The van der Waals surface area contributed by atoms with Crippen molar-refractivity contribution in [2.75, 3.05) is 0 Å². The summed E-state index contributed by atoms with van der Waals surface area (Å²) in [4.78, 5) is 20.0. The summed E-state index contributed by atoms with van der Waals surface area (Å²) >= 11 is 0. The molecule has 0 spiro atoms. The maximum atomic E-state index is 10.3. The molecule has 3 nitrogen and oxygen atoms in total. The number of carbonyl (C=O) groups excluding carboxylic acids is 2. The van der Waals surface area contributed by atoms with Crippen LogP contribution in [-0.4, -0.2) is 18.2 Å². The second-order valence-electron chi connectivity index (χ2n) is 1.34. The Balaban J connectivity index is 2.63. The van der Waals surface area contributed by atoms with Gasteiger partial charge in [-0.1, -0.05) is 0 Å². The van der Waals surface area contributed by atoms with Crippen LogP contribution in [0.3, 0.4) is 0 Å². The molecule has 0 aromatic rings. The van der Waals surface area contributed by atoms with Gasteiger partial charge in [0.25, 0.3) is 6.29 Å². The summed E-state index contributed by atoms with van der Waals surface area (Å²) in [6.07, 6.45) is 2.83. The minimum Gasteiger partial charge on any atom is -0.481 e. The Morgan fingerprint density at radius 1 is 1.75 bits per heavy atom. The summed E-state index contributed by atoms with van der Waals surface area (Å²) in [5.41, 5.74) is 0. The summed E-state index contributed by atoms with van der Waals surface area (Å²) in [6.45, 7) is 0. The molecule has 1 atom stereocenters. The van der Waals surface area contributed by atoms with E-state index in [1.54, 1.807) is 0 Å². The van der Waals surface area contributed by atoms with Gasteiger partial charge in [0.15, 0.2) is 0 Å². The van der Waals surface area contributed by atoms with Gasteiger partial charge in [0.2, 0.25) is 11.9 Å². The highest BCUT2D eigenvalue weighted by Crippen LogP contribution is 2.00. The molecule has 1 rings (SSSR count). The van der Waals surface area contributed by atoms with Crippen molar-refractivity contribution in [2.45, 2.75) is 6.10 Å². The lowest BCUT2D eigenvalue weighted by Gasteiger charge is -1.93. The smallest absolute Gasteiger partial charge is 0.251 e. The van der Waals surface area contributed by atoms with Crippen molar-refractivity contribution < 1.29 is 14.3 Å². The number of rotatable bonds is 1. The summed E-state index contributed by atoms with van der Waals surface area (Å²) in [6, 6.07) is 0. The molecule has 8 heavy (non-hydrogen) atoms. The lowest BCUT2D eigenvalue weighted by molar-refractivity contribution is -0.117. The minimum absolute atomic E-state index is 0.333. The molecule has 0 aliphatic carbocycles. The molecule has 1 heterocycles. The van der Waals surface area contributed by atoms with E-state index in [0.29, 0.717) is 0 Å². The Bertz CT molecular complexity index is 148. The van der Waals surface area contributed by atoms with Crippen LogP contribution in [0.15, 0.2) is 12.3 Å². The molecule has 0 fully saturated rings. The van der Waals surface area contributed by atoms with Gasteiger partial charge in [-0.15, -0.1) is 0 Å². The fraction of sp³-hybridized carbons (Fsp3) is 0.200. The van der Waals surface area contributed by atoms with E-state index < -0.39 is 6.10 Å². The molecule has 1 aliphatic heterocycles. The highest BCUT2D eigenvalue weighted by Gasteiger charge is 2.20. The van der Waals surface area contributed by atoms with E-state index in [2.05, 4.69) is 4.74 Å². The standard InChI is InChI=1S/C5H3O3/c6-3-5-4(7)1-2-8-5/h1-2,5H. The molecule has 0 amide bonds. The first-order valence-corrected chi connectivity index (χ1v) is 2.08. The fourth-order valence-corrected chi connectivity index (χ4v) is 0.425. The van der Waals surface area contributed by atoms with Crippen molar-refractivity contribution in [3.05, 3.63) is 12.3 Å². The van der Waals surface area contributed by atoms with Gasteiger partial charge in [-0.25, -0.2) is 0 Å². The second kappa shape index (κ2) is 1.78. The molecule has 0 aromatic carbocycles. The van der Waals surface area contributed by atoms with E-state index in [1.165, 1.54) is 18.6 Å². The number of carbonyl (C=O) groups is 1. The van der Waals surface area contributed by atoms with Crippen LogP contribution in [0.25, 0.3) is 0 Å². The normalized spacial score (nSPS) is 25.5. The van der Waals surface area contributed by atoms with Gasteiger partial charge in [-0.05, 0) is 0 Å². The molecule has 41 valence electrons. The highest BCUT2D eigenvalue weighted by molar-refractivity contribution is 6.04. The van der Waals surface area contributed by atoms with E-state index in [9.17, 15) is 9.59 Å². The first-order chi connectivity index (χ1) is 3.84. The summed E-state index contributed by atoms with van der Waals surface area (Å²) in [7, 11) is 0. The van der Waals surface area contributed by atoms with Crippen LogP contribution in [0.5, 0.6) is 0 Å². The third kappa shape index (κ3) is 0.621. The van der Waals surface area contributed by atoms with Crippen LogP contribution in [0.4, 0.5) is 0 Å². The van der Waals surface area contributed by atoms with Crippen molar-refractivity contribution in [1.82, 2.24) is 0 Å². The molecule has 0 aromatic heterocycles. The Kier molecular flexibility index (Phi) is 1.12. The Morgan fingerprint density at radius 3 is 2.75 bits per heavy atom. The highest BCUT2D eigenvalue weighted by atomic mass is 16.5. The zero-order chi connectivity index (χ0) is 5.98. The molecule has 0 N–H and O–H groups in total. The van der Waals surface area contributed by atoms with E-state index in [0.717, 1.165) is 0 Å². The third-order valence-corrected chi connectivity index (χ3v) is 0.812. The number of ketones is 1. The monoisotopic (exact) mass is 111 g/mol. The fourth-order valence-electron chi connectivity index (χ4n) is 0.425. The van der Waals surface area contributed by atoms with Crippen LogP contribution in [0.1, 0.15) is 0 Å². The van der Waals surface area contributed by atoms with Crippen molar-refractivity contribution in [1.29, 1.82) is 0 Å². The van der Waals surface area contributed by atoms with Gasteiger partial charge in [-0.3, -0.25) is 9.59 Å². The molecule has 1 radical (unpaired) electrons. The van der Waals surface area contributed by atoms with E-state index in [-0.39, 0.29) is 5.78 Å². The van der Waals surface area contributed by atoms with E-state index in [1.807, 2.05) is 0 Å². The Morgan fingerprint density at radius 2 is 2.50 bits per heavy atom. The van der Waals surface area contributed by atoms with Crippen molar-refractivity contribution >= 4 is 12.1 Å². The van der Waals surface area contributed by atoms with Gasteiger partial charge in [0.05, 0.1) is 6.26 Å². The summed E-state index contributed by atoms with van der Waals surface area (Å²) in [5.74, 6) is -0.333. The average molecular weight is 111 g/mol. The van der Waals surface area contributed by atoms with Crippen LogP contribution < -0.4 is 0 Å². The molecule has 0 bridgehead atoms. The van der Waals surface area contributed by atoms with Gasteiger partial charge in [0, 0.05) is 6.08 Å². The lowest BCUT2D eigenvalue weighted by atomic mass is 10.3. The van der Waals surface area contributed by atoms with E-state index in [4.69, 9.17) is 0 Å². The molecule has 3 heteroatoms. The Hall–Kier alpha value is -1.12. The first kappa shape index (κ1) is 5.03. The lowest BCUT2D eigenvalue weighted by Crippen LogP contribution is -2.16. The topological polar surface area (TPSA) is 43.4 Å². The van der Waals surface area contributed by atoms with Gasteiger partial charge < -0.3 is 4.74 Å². The molecule has 0 saturated heterocycles. The zero-order valence-electron chi connectivity index (χ0n) is 3.96. The molecule has 1 unspecified atom stereocenters. The summed E-state index contributed by atoms with van der Waals surface area (Å²) in [5, 5.41) is 0. The largest absolute Gasteiger partial charge is 0.481 e. The van der Waals surface area contributed by atoms with Crippen molar-refractivity contribution in [3.63, 3.8) is 0 Å². The molecule has 0 saturated carbocycles. The maximum absolute atomic E-state index is 10.3. The van der Waals surface area contributed by atoms with Crippen LogP contribution >= 0.6 is 0 Å². The number of ether oxygens (including phenoxy) is 1. The molecular formula is C5H3O3. The van der Waals surface area contributed by atoms with Crippen LogP contribution in [-0.2, 0) is 14.3 Å². The third-order valence-electron chi connectivity index (χ3n) is 0.812. The Labute approximate surface area is 45.9 Å². The minimum atomic E-state index is -0.991. The van der Waals surface area contributed by atoms with Crippen molar-refractivity contribution in [3.8, 4) is 0 Å². The molecular weight excluding hydrogens is 108 g/mol. The number of hydrogen-bond donors (Lipinski definition) is 0. The van der Waals surface area contributed by atoms with Gasteiger partial charge in [0.1, 0.15) is 0 Å².